The van der Waals surface area contributed by atoms with E-state index < -0.39 is 0 Å². The van der Waals surface area contributed by atoms with Gasteiger partial charge in [-0.2, -0.15) is 0 Å². The van der Waals surface area contributed by atoms with Gasteiger partial charge in [-0.1, -0.05) is 30.3 Å². The minimum absolute atomic E-state index is 0.194. The van der Waals surface area contributed by atoms with Gasteiger partial charge in [0.1, 0.15) is 0 Å². The van der Waals surface area contributed by atoms with Crippen molar-refractivity contribution in [2.45, 2.75) is 43.7 Å². The molecule has 1 saturated heterocycles. The summed E-state index contributed by atoms with van der Waals surface area (Å²) < 4.78 is 0. The molecule has 4 heteroatoms. The number of carbonyl (C=O) groups excluding carboxylic acids is 1. The van der Waals surface area contributed by atoms with Crippen LogP contribution in [-0.4, -0.2) is 47.7 Å². The van der Waals surface area contributed by atoms with Crippen LogP contribution in [0.3, 0.4) is 0 Å². The summed E-state index contributed by atoms with van der Waals surface area (Å²) in [6, 6.07) is 11.0. The van der Waals surface area contributed by atoms with Crippen molar-refractivity contribution in [3.05, 3.63) is 35.9 Å². The van der Waals surface area contributed by atoms with Crippen LogP contribution < -0.4 is 5.32 Å². The fraction of sp³-hybridized carbons (Fsp3) is 0.632. The number of hydrogen-bond acceptors (Lipinski definition) is 3. The summed E-state index contributed by atoms with van der Waals surface area (Å²) >= 11 is 0. The van der Waals surface area contributed by atoms with Gasteiger partial charge in [0, 0.05) is 37.0 Å². The first-order valence-electron chi connectivity index (χ1n) is 8.97. The Balaban J connectivity index is 1.47. The molecule has 0 unspecified atom stereocenters. The molecule has 3 fully saturated rings. The summed E-state index contributed by atoms with van der Waals surface area (Å²) in [5.41, 5.74) is 1.28. The van der Waals surface area contributed by atoms with E-state index in [0.29, 0.717) is 18.5 Å². The van der Waals surface area contributed by atoms with Gasteiger partial charge in [0.05, 0.1) is 6.61 Å². The maximum atomic E-state index is 12.0. The van der Waals surface area contributed by atoms with E-state index in [1.165, 1.54) is 18.4 Å². The maximum Gasteiger partial charge on any atom is 0.223 e. The fourth-order valence-corrected chi connectivity index (χ4v) is 3.96. The van der Waals surface area contributed by atoms with Crippen molar-refractivity contribution >= 4 is 5.91 Å². The highest BCUT2D eigenvalue weighted by Crippen LogP contribution is 2.43. The molecule has 4 rings (SSSR count). The normalized spacial score (nSPS) is 30.7. The maximum absolute atomic E-state index is 12.0. The van der Waals surface area contributed by atoms with Gasteiger partial charge in [-0.05, 0) is 37.2 Å². The van der Waals surface area contributed by atoms with Crippen molar-refractivity contribution < 1.29 is 9.90 Å². The number of likely N-dealkylation sites (tertiary alicyclic amines) is 1. The third-order valence-electron chi connectivity index (χ3n) is 5.65. The minimum atomic E-state index is 0.194. The number of amides is 1. The van der Waals surface area contributed by atoms with Crippen LogP contribution in [-0.2, 0) is 4.79 Å². The van der Waals surface area contributed by atoms with Crippen LogP contribution >= 0.6 is 0 Å². The standard InChI is InChI=1S/C19H26N2O2/c22-12-17-18(14-4-2-1-3-5-14)16(21(17)11-13-6-7-13)10-20-19(23)15-8-9-15/h1-5,13,15-18,22H,6-12H2,(H,20,23)/t16-,17+,18-/m0/s1. The fourth-order valence-electron chi connectivity index (χ4n) is 3.96. The highest BCUT2D eigenvalue weighted by molar-refractivity contribution is 5.80. The van der Waals surface area contributed by atoms with E-state index >= 15 is 0 Å². The highest BCUT2D eigenvalue weighted by atomic mass is 16.3. The van der Waals surface area contributed by atoms with Gasteiger partial charge in [-0.25, -0.2) is 0 Å². The van der Waals surface area contributed by atoms with Gasteiger partial charge < -0.3 is 10.4 Å². The summed E-state index contributed by atoms with van der Waals surface area (Å²) in [6.07, 6.45) is 4.71. The lowest BCUT2D eigenvalue weighted by atomic mass is 9.75. The Morgan fingerprint density at radius 3 is 2.48 bits per heavy atom. The number of rotatable bonds is 7. The molecule has 124 valence electrons. The molecule has 1 aromatic rings. The Morgan fingerprint density at radius 1 is 1.13 bits per heavy atom. The zero-order valence-corrected chi connectivity index (χ0v) is 13.5. The SMILES string of the molecule is O=C(NC[C@H]1[C@H](c2ccccc2)[C@@H](CO)N1CC1CC1)C1CC1. The Hall–Kier alpha value is -1.39. The number of aliphatic hydroxyl groups excluding tert-OH is 1. The van der Waals surface area contributed by atoms with E-state index in [1.54, 1.807) is 0 Å². The van der Waals surface area contributed by atoms with Crippen molar-refractivity contribution in [2.24, 2.45) is 11.8 Å². The first-order chi connectivity index (χ1) is 11.3. The summed E-state index contributed by atoms with van der Waals surface area (Å²) in [4.78, 5) is 14.4. The topological polar surface area (TPSA) is 52.6 Å². The van der Waals surface area contributed by atoms with Gasteiger partial charge in [0.15, 0.2) is 0 Å². The molecule has 1 amide bonds. The lowest BCUT2D eigenvalue weighted by Crippen LogP contribution is -2.67. The van der Waals surface area contributed by atoms with Crippen molar-refractivity contribution in [1.82, 2.24) is 10.2 Å². The Kier molecular flexibility index (Phi) is 4.12. The second kappa shape index (κ2) is 6.25. The second-order valence-corrected chi connectivity index (χ2v) is 7.41. The number of nitrogens with one attached hydrogen (secondary N) is 1. The van der Waals surface area contributed by atoms with Crippen LogP contribution in [0.5, 0.6) is 0 Å². The molecular formula is C19H26N2O2. The lowest BCUT2D eigenvalue weighted by molar-refractivity contribution is -0.123. The Morgan fingerprint density at radius 2 is 1.87 bits per heavy atom. The molecule has 0 aromatic heterocycles. The average Bonchev–Trinajstić information content (AvgIpc) is 3.45. The highest BCUT2D eigenvalue weighted by Gasteiger charge is 2.49. The minimum Gasteiger partial charge on any atom is -0.395 e. The number of benzene rings is 1. The number of nitrogens with zero attached hydrogens (tertiary/aromatic N) is 1. The summed E-state index contributed by atoms with van der Waals surface area (Å²) in [7, 11) is 0. The Bertz CT molecular complexity index is 554. The van der Waals surface area contributed by atoms with Crippen molar-refractivity contribution in [2.75, 3.05) is 19.7 Å². The second-order valence-electron chi connectivity index (χ2n) is 7.41. The van der Waals surface area contributed by atoms with Crippen LogP contribution in [0.2, 0.25) is 0 Å². The largest absolute Gasteiger partial charge is 0.395 e. The van der Waals surface area contributed by atoms with Gasteiger partial charge in [-0.15, -0.1) is 0 Å². The molecule has 0 radical (unpaired) electrons. The number of carbonyl (C=O) groups is 1. The van der Waals surface area contributed by atoms with Crippen molar-refractivity contribution in [1.29, 1.82) is 0 Å². The third-order valence-corrected chi connectivity index (χ3v) is 5.65. The lowest BCUT2D eigenvalue weighted by Gasteiger charge is -2.55. The number of hydrogen-bond donors (Lipinski definition) is 2. The van der Waals surface area contributed by atoms with Crippen LogP contribution in [0, 0.1) is 11.8 Å². The van der Waals surface area contributed by atoms with E-state index in [-0.39, 0.29) is 24.5 Å². The molecular weight excluding hydrogens is 288 g/mol. The molecule has 2 saturated carbocycles. The predicted octanol–water partition coefficient (Wildman–Crippen LogP) is 1.75. The monoisotopic (exact) mass is 314 g/mol. The Labute approximate surface area is 137 Å². The first kappa shape index (κ1) is 15.2. The molecule has 3 atom stereocenters. The summed E-state index contributed by atoms with van der Waals surface area (Å²) in [5.74, 6) is 1.59. The molecule has 1 heterocycles. The third kappa shape index (κ3) is 3.15. The van der Waals surface area contributed by atoms with Gasteiger partial charge in [0.2, 0.25) is 5.91 Å². The van der Waals surface area contributed by atoms with E-state index in [4.69, 9.17) is 0 Å². The van der Waals surface area contributed by atoms with Gasteiger partial charge >= 0.3 is 0 Å². The molecule has 0 bridgehead atoms. The molecule has 2 aliphatic carbocycles. The molecule has 2 N–H and O–H groups in total. The van der Waals surface area contributed by atoms with E-state index in [9.17, 15) is 9.90 Å². The molecule has 3 aliphatic rings. The quantitative estimate of drug-likeness (QED) is 0.806. The smallest absolute Gasteiger partial charge is 0.223 e. The van der Waals surface area contributed by atoms with Crippen molar-refractivity contribution in [3.63, 3.8) is 0 Å². The average molecular weight is 314 g/mol. The molecule has 0 spiro atoms. The van der Waals surface area contributed by atoms with Crippen LogP contribution in [0.4, 0.5) is 0 Å². The van der Waals surface area contributed by atoms with Gasteiger partial charge in [-0.3, -0.25) is 9.69 Å². The molecule has 1 aromatic carbocycles. The van der Waals surface area contributed by atoms with Gasteiger partial charge in [0.25, 0.3) is 0 Å². The predicted molar refractivity (Wildman–Crippen MR) is 89.0 cm³/mol. The van der Waals surface area contributed by atoms with Crippen LogP contribution in [0.25, 0.3) is 0 Å². The van der Waals surface area contributed by atoms with E-state index in [0.717, 1.165) is 25.3 Å². The number of aliphatic hydroxyl groups is 1. The van der Waals surface area contributed by atoms with E-state index in [2.05, 4.69) is 34.5 Å². The molecule has 1 aliphatic heterocycles. The summed E-state index contributed by atoms with van der Waals surface area (Å²) in [5, 5.41) is 13.0. The summed E-state index contributed by atoms with van der Waals surface area (Å²) in [6.45, 7) is 1.97. The zero-order chi connectivity index (χ0) is 15.8. The molecule has 23 heavy (non-hydrogen) atoms. The van der Waals surface area contributed by atoms with Crippen molar-refractivity contribution in [3.8, 4) is 0 Å². The zero-order valence-electron chi connectivity index (χ0n) is 13.5. The first-order valence-corrected chi connectivity index (χ1v) is 8.97. The van der Waals surface area contributed by atoms with Crippen LogP contribution in [0.1, 0.15) is 37.2 Å². The van der Waals surface area contributed by atoms with Crippen LogP contribution in [0.15, 0.2) is 30.3 Å². The van der Waals surface area contributed by atoms with E-state index in [1.807, 2.05) is 6.07 Å². The molecule has 4 nitrogen and oxygen atoms in total.